The Morgan fingerprint density at radius 1 is 1.03 bits per heavy atom. The summed E-state index contributed by atoms with van der Waals surface area (Å²) >= 11 is 9.56. The highest BCUT2D eigenvalue weighted by atomic mass is 79.9. The van der Waals surface area contributed by atoms with Crippen LogP contribution in [-0.2, 0) is 21.4 Å². The number of amides is 1. The highest BCUT2D eigenvalue weighted by Crippen LogP contribution is 2.37. The van der Waals surface area contributed by atoms with Crippen molar-refractivity contribution in [2.75, 3.05) is 27.9 Å². The van der Waals surface area contributed by atoms with E-state index in [9.17, 15) is 13.2 Å². The van der Waals surface area contributed by atoms with E-state index < -0.39 is 22.5 Å². The molecule has 0 heterocycles. The molecule has 12 heteroatoms. The Morgan fingerprint density at radius 2 is 1.65 bits per heavy atom. The van der Waals surface area contributed by atoms with Gasteiger partial charge in [-0.25, -0.2) is 13.8 Å². The molecule has 0 aromatic heterocycles. The number of hydrogen-bond donors (Lipinski definition) is 1. The summed E-state index contributed by atoms with van der Waals surface area (Å²) in [5.74, 6) is 0.609. The van der Waals surface area contributed by atoms with Crippen LogP contribution >= 0.6 is 27.5 Å². The van der Waals surface area contributed by atoms with Crippen LogP contribution in [0.25, 0.3) is 0 Å². The molecule has 0 unspecified atom stereocenters. The van der Waals surface area contributed by atoms with Crippen molar-refractivity contribution >= 4 is 49.7 Å². The first-order chi connectivity index (χ1) is 17.7. The predicted octanol–water partition coefficient (Wildman–Crippen LogP) is 4.47. The minimum atomic E-state index is -4.04. The van der Waals surface area contributed by atoms with Crippen LogP contribution in [0.15, 0.2) is 75.1 Å². The third-order valence-electron chi connectivity index (χ3n) is 5.17. The van der Waals surface area contributed by atoms with E-state index in [0.29, 0.717) is 33.4 Å². The number of hydrazone groups is 1. The monoisotopic (exact) mass is 609 g/mol. The predicted molar refractivity (Wildman–Crippen MR) is 145 cm³/mol. The van der Waals surface area contributed by atoms with Gasteiger partial charge < -0.3 is 14.2 Å². The average Bonchev–Trinajstić information content (AvgIpc) is 2.89. The molecule has 0 fully saturated rings. The molecular weight excluding hydrogens is 586 g/mol. The van der Waals surface area contributed by atoms with Crippen molar-refractivity contribution in [1.29, 1.82) is 0 Å². The molecule has 196 valence electrons. The van der Waals surface area contributed by atoms with Crippen molar-refractivity contribution < 1.29 is 27.4 Å². The number of benzene rings is 3. The fraction of sp³-hybridized carbons (Fsp3) is 0.200. The maximum Gasteiger partial charge on any atom is 0.255 e. The molecule has 3 rings (SSSR count). The van der Waals surface area contributed by atoms with Gasteiger partial charge in [0.1, 0.15) is 0 Å². The first kappa shape index (κ1) is 28.5. The molecule has 1 amide bonds. The first-order valence-electron chi connectivity index (χ1n) is 10.8. The lowest BCUT2D eigenvalue weighted by Crippen LogP contribution is -2.39. The summed E-state index contributed by atoms with van der Waals surface area (Å²) in [4.78, 5) is 12.8. The zero-order valence-electron chi connectivity index (χ0n) is 20.3. The van der Waals surface area contributed by atoms with Gasteiger partial charge in [0.15, 0.2) is 11.5 Å². The van der Waals surface area contributed by atoms with Crippen LogP contribution in [0.4, 0.5) is 0 Å². The number of ether oxygens (including phenoxy) is 3. The Kier molecular flexibility index (Phi) is 9.93. The quantitative estimate of drug-likeness (QED) is 0.254. The summed E-state index contributed by atoms with van der Waals surface area (Å²) in [6.45, 7) is -0.599. The van der Waals surface area contributed by atoms with E-state index in [1.807, 2.05) is 0 Å². The Bertz CT molecular complexity index is 1360. The molecule has 0 saturated heterocycles. The van der Waals surface area contributed by atoms with Crippen LogP contribution in [0.3, 0.4) is 0 Å². The molecule has 9 nitrogen and oxygen atoms in total. The van der Waals surface area contributed by atoms with Crippen LogP contribution < -0.4 is 19.6 Å². The summed E-state index contributed by atoms with van der Waals surface area (Å²) in [5, 5.41) is 4.35. The maximum absolute atomic E-state index is 13.4. The Morgan fingerprint density at radius 3 is 2.22 bits per heavy atom. The number of nitrogens with zero attached hydrogens (tertiary/aromatic N) is 2. The molecule has 0 aliphatic carbocycles. The number of halogens is 2. The Hall–Kier alpha value is -3.12. The summed E-state index contributed by atoms with van der Waals surface area (Å²) < 4.78 is 44.5. The van der Waals surface area contributed by atoms with Crippen molar-refractivity contribution in [2.24, 2.45) is 5.10 Å². The number of carbonyl (C=O) groups excluding carboxylic acids is 1. The molecular formula is C25H25BrClN3O6S. The molecule has 0 bridgehead atoms. The van der Waals surface area contributed by atoms with Gasteiger partial charge in [0.2, 0.25) is 15.8 Å². The third kappa shape index (κ3) is 7.22. The van der Waals surface area contributed by atoms with Crippen molar-refractivity contribution in [1.82, 2.24) is 9.73 Å². The molecule has 3 aromatic carbocycles. The molecule has 0 aliphatic heterocycles. The largest absolute Gasteiger partial charge is 0.493 e. The zero-order valence-corrected chi connectivity index (χ0v) is 23.4. The zero-order chi connectivity index (χ0) is 27.0. The fourth-order valence-electron chi connectivity index (χ4n) is 3.35. The summed E-state index contributed by atoms with van der Waals surface area (Å²) in [5.41, 5.74) is 3.48. The lowest BCUT2D eigenvalue weighted by molar-refractivity contribution is -0.121. The van der Waals surface area contributed by atoms with Crippen molar-refractivity contribution in [3.05, 3.63) is 81.3 Å². The number of hydrogen-bond acceptors (Lipinski definition) is 7. The second kappa shape index (κ2) is 12.9. The maximum atomic E-state index is 13.4. The minimum absolute atomic E-state index is 0.0384. The van der Waals surface area contributed by atoms with E-state index in [4.69, 9.17) is 25.8 Å². The van der Waals surface area contributed by atoms with Crippen molar-refractivity contribution in [3.8, 4) is 17.2 Å². The van der Waals surface area contributed by atoms with Crippen LogP contribution in [0.1, 0.15) is 11.1 Å². The van der Waals surface area contributed by atoms with Crippen LogP contribution in [-0.4, -0.2) is 52.7 Å². The van der Waals surface area contributed by atoms with Gasteiger partial charge in [-0.05, 0) is 48.0 Å². The van der Waals surface area contributed by atoms with E-state index >= 15 is 0 Å². The molecule has 37 heavy (non-hydrogen) atoms. The van der Waals surface area contributed by atoms with Crippen LogP contribution in [0.5, 0.6) is 17.2 Å². The van der Waals surface area contributed by atoms with Gasteiger partial charge in [-0.1, -0.05) is 45.7 Å². The average molecular weight is 611 g/mol. The van der Waals surface area contributed by atoms with Gasteiger partial charge in [0.05, 0.1) is 39.0 Å². The molecule has 1 N–H and O–H groups in total. The van der Waals surface area contributed by atoms with E-state index in [-0.39, 0.29) is 11.4 Å². The van der Waals surface area contributed by atoms with Gasteiger partial charge in [-0.3, -0.25) is 4.79 Å². The van der Waals surface area contributed by atoms with E-state index in [2.05, 4.69) is 26.5 Å². The number of methoxy groups -OCH3 is 3. The Labute approximate surface area is 229 Å². The smallest absolute Gasteiger partial charge is 0.255 e. The molecule has 0 spiro atoms. The van der Waals surface area contributed by atoms with Gasteiger partial charge in [-0.15, -0.1) is 0 Å². The minimum Gasteiger partial charge on any atom is -0.493 e. The molecule has 0 saturated carbocycles. The summed E-state index contributed by atoms with van der Waals surface area (Å²) in [6, 6.07) is 16.3. The summed E-state index contributed by atoms with van der Waals surface area (Å²) in [7, 11) is 0.426. The molecule has 0 aliphatic rings. The lowest BCUT2D eigenvalue weighted by atomic mass is 10.2. The fourth-order valence-corrected chi connectivity index (χ4v) is 5.18. The van der Waals surface area contributed by atoms with E-state index in [1.54, 1.807) is 48.5 Å². The third-order valence-corrected chi connectivity index (χ3v) is 7.87. The molecule has 3 aromatic rings. The van der Waals surface area contributed by atoms with Gasteiger partial charge in [0.25, 0.3) is 5.91 Å². The Balaban J connectivity index is 1.82. The second-order valence-corrected chi connectivity index (χ2v) is 10.8. The van der Waals surface area contributed by atoms with Crippen molar-refractivity contribution in [2.45, 2.75) is 11.4 Å². The molecule has 0 atom stereocenters. The standard InChI is InChI=1S/C25H25BrClN3O6S/c1-34-22-12-17(13-23(35-2)25(22)36-3)14-28-29-24(31)16-30(15-18-6-4-5-7-21(18)27)37(32,33)20-10-8-19(26)9-11-20/h4-14H,15-16H2,1-3H3,(H,29,31). The number of sulfonamides is 1. The van der Waals surface area contributed by atoms with Crippen LogP contribution in [0, 0.1) is 0 Å². The number of nitrogens with one attached hydrogen (secondary N) is 1. The highest BCUT2D eigenvalue weighted by Gasteiger charge is 2.27. The topological polar surface area (TPSA) is 107 Å². The highest BCUT2D eigenvalue weighted by molar-refractivity contribution is 9.10. The second-order valence-electron chi connectivity index (χ2n) is 7.57. The van der Waals surface area contributed by atoms with Crippen molar-refractivity contribution in [3.63, 3.8) is 0 Å². The molecule has 0 radical (unpaired) electrons. The van der Waals surface area contributed by atoms with Gasteiger partial charge >= 0.3 is 0 Å². The van der Waals surface area contributed by atoms with Gasteiger partial charge in [-0.2, -0.15) is 9.41 Å². The van der Waals surface area contributed by atoms with E-state index in [1.165, 1.54) is 39.7 Å². The van der Waals surface area contributed by atoms with Gasteiger partial charge in [0, 0.05) is 21.6 Å². The number of rotatable bonds is 11. The van der Waals surface area contributed by atoms with E-state index in [0.717, 1.165) is 8.78 Å². The SMILES string of the molecule is COc1cc(C=NNC(=O)CN(Cc2ccccc2Cl)S(=O)(=O)c2ccc(Br)cc2)cc(OC)c1OC. The van der Waals surface area contributed by atoms with Crippen LogP contribution in [0.2, 0.25) is 5.02 Å². The first-order valence-corrected chi connectivity index (χ1v) is 13.4. The number of carbonyl (C=O) groups is 1. The normalized spacial score (nSPS) is 11.5. The summed E-state index contributed by atoms with van der Waals surface area (Å²) in [6.07, 6.45) is 1.38. The lowest BCUT2D eigenvalue weighted by Gasteiger charge is -2.22.